The summed E-state index contributed by atoms with van der Waals surface area (Å²) >= 11 is 0. The summed E-state index contributed by atoms with van der Waals surface area (Å²) in [6, 6.07) is 19.0. The van der Waals surface area contributed by atoms with Gasteiger partial charge in [0.1, 0.15) is 5.75 Å². The number of hydrogen-bond donors (Lipinski definition) is 1. The molecule has 0 saturated carbocycles. The molecule has 0 aromatic heterocycles. The molecule has 3 aromatic carbocycles. The molecule has 1 amide bonds. The van der Waals surface area contributed by atoms with Gasteiger partial charge in [0.05, 0.1) is 28.1 Å². The topological polar surface area (TPSA) is 110 Å². The van der Waals surface area contributed by atoms with E-state index in [0.717, 1.165) is 11.8 Å². The summed E-state index contributed by atoms with van der Waals surface area (Å²) in [5.74, 6) is -0.175. The molecule has 1 N–H and O–H groups in total. The molecule has 35 heavy (non-hydrogen) atoms. The highest BCUT2D eigenvalue weighted by atomic mass is 32.2. The molecule has 1 aliphatic heterocycles. The van der Waals surface area contributed by atoms with Gasteiger partial charge in [-0.05, 0) is 61.4 Å². The summed E-state index contributed by atoms with van der Waals surface area (Å²) in [5, 5.41) is 2.85. The van der Waals surface area contributed by atoms with Gasteiger partial charge < -0.3 is 10.1 Å². The molecule has 0 saturated heterocycles. The average molecular weight is 515 g/mol. The Bertz CT molecular complexity index is 1450. The number of aryl methyl sites for hydroxylation is 1. The molecule has 10 heteroatoms. The number of fused-ring (bicyclic) bond motifs is 1. The lowest BCUT2D eigenvalue weighted by Crippen LogP contribution is -2.51. The van der Waals surface area contributed by atoms with Crippen molar-refractivity contribution in [2.75, 3.05) is 17.1 Å². The Morgan fingerprint density at radius 3 is 2.26 bits per heavy atom. The Morgan fingerprint density at radius 1 is 0.971 bits per heavy atom. The molecule has 1 aliphatic rings. The van der Waals surface area contributed by atoms with E-state index in [9.17, 15) is 21.6 Å². The minimum Gasteiger partial charge on any atom is -0.476 e. The van der Waals surface area contributed by atoms with Crippen molar-refractivity contribution < 1.29 is 26.4 Å². The highest BCUT2D eigenvalue weighted by molar-refractivity contribution is 7.92. The van der Waals surface area contributed by atoms with Crippen molar-refractivity contribution in [2.24, 2.45) is 0 Å². The number of sulfonamides is 1. The molecular formula is C25H26N2O6S2. The number of nitrogens with zero attached hydrogens (tertiary/aromatic N) is 1. The lowest BCUT2D eigenvalue weighted by Gasteiger charge is -2.35. The predicted molar refractivity (Wildman–Crippen MR) is 133 cm³/mol. The minimum absolute atomic E-state index is 0.118. The molecule has 0 bridgehead atoms. The second kappa shape index (κ2) is 9.35. The van der Waals surface area contributed by atoms with Crippen LogP contribution in [0.25, 0.3) is 0 Å². The van der Waals surface area contributed by atoms with Gasteiger partial charge in [-0.25, -0.2) is 16.8 Å². The van der Waals surface area contributed by atoms with Crippen LogP contribution in [0.1, 0.15) is 24.1 Å². The second-order valence-electron chi connectivity index (χ2n) is 8.50. The second-order valence-corrected chi connectivity index (χ2v) is 12.4. The van der Waals surface area contributed by atoms with Crippen LogP contribution in [0.5, 0.6) is 5.75 Å². The van der Waals surface area contributed by atoms with Gasteiger partial charge in [0, 0.05) is 6.26 Å². The Hall–Kier alpha value is -3.37. The molecule has 0 unspecified atom stereocenters. The van der Waals surface area contributed by atoms with E-state index in [4.69, 9.17) is 4.74 Å². The van der Waals surface area contributed by atoms with Crippen LogP contribution >= 0.6 is 0 Å². The van der Waals surface area contributed by atoms with Gasteiger partial charge in [-0.3, -0.25) is 9.10 Å². The van der Waals surface area contributed by atoms with E-state index in [1.807, 2.05) is 6.92 Å². The summed E-state index contributed by atoms with van der Waals surface area (Å²) in [5.41, 5.74) is 1.93. The van der Waals surface area contributed by atoms with E-state index in [-0.39, 0.29) is 16.3 Å². The Balaban J connectivity index is 1.60. The molecule has 3 aromatic rings. The van der Waals surface area contributed by atoms with Crippen LogP contribution in [0.4, 0.5) is 5.69 Å². The van der Waals surface area contributed by atoms with Crippen molar-refractivity contribution in [1.82, 2.24) is 5.32 Å². The van der Waals surface area contributed by atoms with Crippen molar-refractivity contribution in [3.8, 4) is 5.75 Å². The maximum absolute atomic E-state index is 13.4. The Kier molecular flexibility index (Phi) is 6.61. The van der Waals surface area contributed by atoms with Gasteiger partial charge in [0.15, 0.2) is 15.9 Å². The number of rotatable bonds is 6. The van der Waals surface area contributed by atoms with Crippen LogP contribution in [0, 0.1) is 6.92 Å². The third kappa shape index (κ3) is 5.18. The largest absolute Gasteiger partial charge is 0.476 e. The molecule has 8 nitrogen and oxygen atoms in total. The lowest BCUT2D eigenvalue weighted by atomic mass is 10.1. The van der Waals surface area contributed by atoms with E-state index in [0.29, 0.717) is 17.0 Å². The molecule has 0 radical (unpaired) electrons. The first-order valence-corrected chi connectivity index (χ1v) is 14.3. The zero-order chi connectivity index (χ0) is 25.4. The molecule has 0 aliphatic carbocycles. The van der Waals surface area contributed by atoms with Gasteiger partial charge in [-0.15, -0.1) is 0 Å². The molecule has 0 fully saturated rings. The number of hydrogen-bond acceptors (Lipinski definition) is 6. The SMILES string of the molecule is Cc1ccc2c(c1)O[C@@H](C(=O)N[C@H](C)c1ccc(S(C)(=O)=O)cc1)CN2S(=O)(=O)c1ccccc1. The zero-order valence-electron chi connectivity index (χ0n) is 19.5. The van der Waals surface area contributed by atoms with Gasteiger partial charge in [-0.1, -0.05) is 36.4 Å². The van der Waals surface area contributed by atoms with Crippen LogP contribution in [-0.2, 0) is 24.7 Å². The molecule has 2 atom stereocenters. The lowest BCUT2D eigenvalue weighted by molar-refractivity contribution is -0.128. The van der Waals surface area contributed by atoms with Crippen molar-refractivity contribution in [3.63, 3.8) is 0 Å². The third-order valence-corrected chi connectivity index (χ3v) is 8.70. The highest BCUT2D eigenvalue weighted by Gasteiger charge is 2.38. The molecule has 184 valence electrons. The number of amides is 1. The first-order valence-electron chi connectivity index (χ1n) is 10.9. The summed E-state index contributed by atoms with van der Waals surface area (Å²) in [6.45, 7) is 3.41. The Morgan fingerprint density at radius 2 is 1.63 bits per heavy atom. The minimum atomic E-state index is -3.94. The third-order valence-electron chi connectivity index (χ3n) is 5.78. The zero-order valence-corrected chi connectivity index (χ0v) is 21.1. The number of ether oxygens (including phenoxy) is 1. The van der Waals surface area contributed by atoms with Crippen LogP contribution < -0.4 is 14.4 Å². The fraction of sp³-hybridized carbons (Fsp3) is 0.240. The summed E-state index contributed by atoms with van der Waals surface area (Å²) in [7, 11) is -7.27. The number of anilines is 1. The van der Waals surface area contributed by atoms with Crippen LogP contribution in [0.2, 0.25) is 0 Å². The predicted octanol–water partition coefficient (Wildman–Crippen LogP) is 3.23. The molecule has 0 spiro atoms. The highest BCUT2D eigenvalue weighted by Crippen LogP contribution is 2.37. The van der Waals surface area contributed by atoms with Gasteiger partial charge in [-0.2, -0.15) is 0 Å². The average Bonchev–Trinajstić information content (AvgIpc) is 2.83. The number of sulfone groups is 1. The molecular weight excluding hydrogens is 488 g/mol. The number of carbonyl (C=O) groups excluding carboxylic acids is 1. The van der Waals surface area contributed by atoms with Gasteiger partial charge >= 0.3 is 0 Å². The normalized spacial score (nSPS) is 16.7. The summed E-state index contributed by atoms with van der Waals surface area (Å²) in [6.07, 6.45) is 0.0446. The quantitative estimate of drug-likeness (QED) is 0.541. The van der Waals surface area contributed by atoms with Crippen molar-refractivity contribution >= 4 is 31.5 Å². The van der Waals surface area contributed by atoms with Crippen LogP contribution in [0.15, 0.2) is 82.6 Å². The van der Waals surface area contributed by atoms with E-state index in [1.165, 1.54) is 28.6 Å². The maximum Gasteiger partial charge on any atom is 0.264 e. The first-order chi connectivity index (χ1) is 16.5. The van der Waals surface area contributed by atoms with Crippen LogP contribution in [0.3, 0.4) is 0 Å². The monoisotopic (exact) mass is 514 g/mol. The summed E-state index contributed by atoms with van der Waals surface area (Å²) in [4.78, 5) is 13.5. The van der Waals surface area contributed by atoms with E-state index < -0.39 is 37.9 Å². The van der Waals surface area contributed by atoms with Gasteiger partial charge in [0.2, 0.25) is 0 Å². The summed E-state index contributed by atoms with van der Waals surface area (Å²) < 4.78 is 57.4. The number of carbonyl (C=O) groups is 1. The van der Waals surface area contributed by atoms with E-state index in [2.05, 4.69) is 5.32 Å². The fourth-order valence-corrected chi connectivity index (χ4v) is 5.97. The standard InChI is InChI=1S/C25H26N2O6S2/c1-17-9-14-22-23(15-17)33-24(16-27(22)35(31,32)21-7-5-4-6-8-21)25(28)26-18(2)19-10-12-20(13-11-19)34(3,29)30/h4-15,18,24H,16H2,1-3H3,(H,26,28)/t18-,24-/m1/s1. The van der Waals surface area contributed by atoms with Crippen LogP contribution in [-0.4, -0.2) is 41.6 Å². The van der Waals surface area contributed by atoms with E-state index >= 15 is 0 Å². The molecule has 4 rings (SSSR count). The van der Waals surface area contributed by atoms with Crippen molar-refractivity contribution in [3.05, 3.63) is 83.9 Å². The smallest absolute Gasteiger partial charge is 0.264 e. The van der Waals surface area contributed by atoms with E-state index in [1.54, 1.807) is 55.5 Å². The van der Waals surface area contributed by atoms with Crippen molar-refractivity contribution in [2.45, 2.75) is 35.8 Å². The number of nitrogens with one attached hydrogen (secondary N) is 1. The molecule has 1 heterocycles. The fourth-order valence-electron chi connectivity index (χ4n) is 3.84. The van der Waals surface area contributed by atoms with Gasteiger partial charge in [0.25, 0.3) is 15.9 Å². The first kappa shape index (κ1) is 24.7. The number of benzene rings is 3. The van der Waals surface area contributed by atoms with Crippen molar-refractivity contribution in [1.29, 1.82) is 0 Å². The Labute approximate surface area is 205 Å². The maximum atomic E-state index is 13.4.